The Bertz CT molecular complexity index is 619. The molecule has 0 aliphatic carbocycles. The van der Waals surface area contributed by atoms with Crippen LogP contribution < -0.4 is 5.14 Å². The van der Waals surface area contributed by atoms with Crippen LogP contribution in [0, 0.1) is 0 Å². The van der Waals surface area contributed by atoms with Crippen LogP contribution in [0.3, 0.4) is 0 Å². The number of hydrogen-bond acceptors (Lipinski definition) is 3. The fourth-order valence-corrected chi connectivity index (χ4v) is 3.58. The molecule has 0 unspecified atom stereocenters. The third kappa shape index (κ3) is 3.94. The van der Waals surface area contributed by atoms with Gasteiger partial charge < -0.3 is 4.90 Å². The summed E-state index contributed by atoms with van der Waals surface area (Å²) in [5.41, 5.74) is 0.206. The maximum absolute atomic E-state index is 12.3. The molecule has 0 saturated carbocycles. The van der Waals surface area contributed by atoms with E-state index in [4.69, 9.17) is 16.7 Å². The van der Waals surface area contributed by atoms with Crippen LogP contribution in [0.1, 0.15) is 30.6 Å². The van der Waals surface area contributed by atoms with Gasteiger partial charge in [-0.15, -0.1) is 0 Å². The number of rotatable bonds is 5. The summed E-state index contributed by atoms with van der Waals surface area (Å²) in [6.07, 6.45) is 0.811. The van der Waals surface area contributed by atoms with Crippen molar-refractivity contribution in [2.45, 2.75) is 25.2 Å². The number of primary sulfonamides is 1. The average molecular weight is 384 g/mol. The largest absolute Gasteiger partial charge is 0.339 e. The lowest BCUT2D eigenvalue weighted by atomic mass is 10.2. The number of benzene rings is 1. The average Bonchev–Trinajstić information content (AvgIpc) is 2.36. The molecule has 0 radical (unpaired) electrons. The predicted molar refractivity (Wildman–Crippen MR) is 82.4 cm³/mol. The van der Waals surface area contributed by atoms with Crippen LogP contribution in [0.2, 0.25) is 5.02 Å². The minimum Gasteiger partial charge on any atom is -0.339 e. The zero-order valence-corrected chi connectivity index (χ0v) is 14.3. The van der Waals surface area contributed by atoms with Gasteiger partial charge in [0.1, 0.15) is 0 Å². The zero-order chi connectivity index (χ0) is 15.5. The van der Waals surface area contributed by atoms with Gasteiger partial charge in [-0.25, -0.2) is 13.6 Å². The van der Waals surface area contributed by atoms with Crippen molar-refractivity contribution in [3.8, 4) is 0 Å². The van der Waals surface area contributed by atoms with Gasteiger partial charge in [0.25, 0.3) is 5.91 Å². The van der Waals surface area contributed by atoms with Crippen molar-refractivity contribution in [2.75, 3.05) is 13.1 Å². The molecule has 1 rings (SSSR count). The molecule has 0 aliphatic rings. The molecule has 0 bridgehead atoms. The standard InChI is InChI=1S/C12H16BrClN2O3S/c1-3-5-16(4-2)12(17)8-6-9(14)11(13)10(7-8)20(15,18)19/h6-7H,3-5H2,1-2H3,(H2,15,18,19). The Morgan fingerprint density at radius 1 is 1.40 bits per heavy atom. The highest BCUT2D eigenvalue weighted by Crippen LogP contribution is 2.31. The summed E-state index contributed by atoms with van der Waals surface area (Å²) in [6, 6.07) is 2.67. The predicted octanol–water partition coefficient (Wildman–Crippen LogP) is 2.62. The fourth-order valence-electron chi connectivity index (χ4n) is 1.75. The Morgan fingerprint density at radius 3 is 2.45 bits per heavy atom. The summed E-state index contributed by atoms with van der Waals surface area (Å²) in [5.74, 6) is -0.270. The number of nitrogens with two attached hydrogens (primary N) is 1. The van der Waals surface area contributed by atoms with Crippen LogP contribution >= 0.6 is 27.5 Å². The third-order valence-electron chi connectivity index (χ3n) is 2.71. The molecule has 0 aromatic heterocycles. The quantitative estimate of drug-likeness (QED) is 0.848. The van der Waals surface area contributed by atoms with E-state index in [1.54, 1.807) is 4.90 Å². The van der Waals surface area contributed by atoms with E-state index < -0.39 is 10.0 Å². The molecule has 1 aromatic rings. The van der Waals surface area contributed by atoms with Crippen LogP contribution in [-0.4, -0.2) is 32.3 Å². The summed E-state index contributed by atoms with van der Waals surface area (Å²) in [7, 11) is -3.96. The first-order valence-electron chi connectivity index (χ1n) is 6.03. The molecule has 112 valence electrons. The van der Waals surface area contributed by atoms with Gasteiger partial charge in [-0.2, -0.15) is 0 Å². The molecule has 20 heavy (non-hydrogen) atoms. The zero-order valence-electron chi connectivity index (χ0n) is 11.2. The molecule has 0 saturated heterocycles. The first-order valence-corrected chi connectivity index (χ1v) is 8.75. The second-order valence-electron chi connectivity index (χ2n) is 4.20. The van der Waals surface area contributed by atoms with E-state index in [2.05, 4.69) is 15.9 Å². The first kappa shape index (κ1) is 17.4. The summed E-state index contributed by atoms with van der Waals surface area (Å²) < 4.78 is 23.2. The monoisotopic (exact) mass is 382 g/mol. The molecule has 1 amide bonds. The number of carbonyl (C=O) groups excluding carboxylic acids is 1. The Balaban J connectivity index is 3.34. The molecule has 8 heteroatoms. The molecule has 0 atom stereocenters. The van der Waals surface area contributed by atoms with Crippen LogP contribution in [0.5, 0.6) is 0 Å². The number of halogens is 2. The highest BCUT2D eigenvalue weighted by Gasteiger charge is 2.21. The van der Waals surface area contributed by atoms with Gasteiger partial charge >= 0.3 is 0 Å². The molecule has 2 N–H and O–H groups in total. The molecule has 0 spiro atoms. The molecular weight excluding hydrogens is 368 g/mol. The van der Waals surface area contributed by atoms with E-state index in [1.165, 1.54) is 12.1 Å². The van der Waals surface area contributed by atoms with Gasteiger partial charge in [-0.05, 0) is 41.4 Å². The van der Waals surface area contributed by atoms with Gasteiger partial charge in [-0.1, -0.05) is 18.5 Å². The normalized spacial score (nSPS) is 11.4. The smallest absolute Gasteiger partial charge is 0.253 e. The number of amides is 1. The molecule has 5 nitrogen and oxygen atoms in total. The van der Waals surface area contributed by atoms with E-state index in [1.807, 2.05) is 13.8 Å². The molecule has 0 aliphatic heterocycles. The van der Waals surface area contributed by atoms with Crippen molar-refractivity contribution in [3.05, 3.63) is 27.2 Å². The van der Waals surface area contributed by atoms with E-state index >= 15 is 0 Å². The summed E-state index contributed by atoms with van der Waals surface area (Å²) >= 11 is 9.02. The SMILES string of the molecule is CCCN(CC)C(=O)c1cc(Cl)c(Br)c(S(N)(=O)=O)c1. The van der Waals surface area contributed by atoms with E-state index in [-0.39, 0.29) is 25.9 Å². The summed E-state index contributed by atoms with van der Waals surface area (Å²) in [6.45, 7) is 4.94. The van der Waals surface area contributed by atoms with Gasteiger partial charge in [0.05, 0.1) is 14.4 Å². The maximum atomic E-state index is 12.3. The highest BCUT2D eigenvalue weighted by molar-refractivity contribution is 9.10. The Hall–Kier alpha value is -0.630. The van der Waals surface area contributed by atoms with Crippen molar-refractivity contribution in [2.24, 2.45) is 5.14 Å². The van der Waals surface area contributed by atoms with Crippen LogP contribution in [0.15, 0.2) is 21.5 Å². The minimum absolute atomic E-state index is 0.132. The fraction of sp³-hybridized carbons (Fsp3) is 0.417. The molecular formula is C12H16BrClN2O3S. The lowest BCUT2D eigenvalue weighted by Crippen LogP contribution is -2.31. The second-order valence-corrected chi connectivity index (χ2v) is 6.93. The van der Waals surface area contributed by atoms with E-state index in [0.717, 1.165) is 6.42 Å². The number of carbonyl (C=O) groups is 1. The van der Waals surface area contributed by atoms with E-state index in [0.29, 0.717) is 13.1 Å². The van der Waals surface area contributed by atoms with Crippen molar-refractivity contribution in [1.82, 2.24) is 4.90 Å². The van der Waals surface area contributed by atoms with Crippen molar-refractivity contribution < 1.29 is 13.2 Å². The molecule has 1 aromatic carbocycles. The number of sulfonamides is 1. The lowest BCUT2D eigenvalue weighted by molar-refractivity contribution is 0.0764. The topological polar surface area (TPSA) is 80.5 Å². The third-order valence-corrected chi connectivity index (χ3v) is 5.29. The highest BCUT2D eigenvalue weighted by atomic mass is 79.9. The second kappa shape index (κ2) is 6.89. The summed E-state index contributed by atoms with van der Waals surface area (Å²) in [4.78, 5) is 13.7. The number of hydrogen-bond donors (Lipinski definition) is 1. The Kier molecular flexibility index (Phi) is 6.00. The number of nitrogens with zero attached hydrogens (tertiary/aromatic N) is 1. The van der Waals surface area contributed by atoms with E-state index in [9.17, 15) is 13.2 Å². The van der Waals surface area contributed by atoms with Crippen molar-refractivity contribution in [3.63, 3.8) is 0 Å². The van der Waals surface area contributed by atoms with Crippen LogP contribution in [0.25, 0.3) is 0 Å². The van der Waals surface area contributed by atoms with Crippen LogP contribution in [0.4, 0.5) is 0 Å². The summed E-state index contributed by atoms with van der Waals surface area (Å²) in [5, 5.41) is 5.25. The van der Waals surface area contributed by atoms with Crippen molar-refractivity contribution in [1.29, 1.82) is 0 Å². The lowest BCUT2D eigenvalue weighted by Gasteiger charge is -2.20. The van der Waals surface area contributed by atoms with Gasteiger partial charge in [0.15, 0.2) is 0 Å². The van der Waals surface area contributed by atoms with Gasteiger partial charge in [0, 0.05) is 18.7 Å². The molecule has 0 heterocycles. The van der Waals surface area contributed by atoms with Crippen molar-refractivity contribution >= 4 is 43.5 Å². The van der Waals surface area contributed by atoms with Crippen LogP contribution in [-0.2, 0) is 10.0 Å². The van der Waals surface area contributed by atoms with Gasteiger partial charge in [0.2, 0.25) is 10.0 Å². The Morgan fingerprint density at radius 2 is 2.00 bits per heavy atom. The maximum Gasteiger partial charge on any atom is 0.253 e. The van der Waals surface area contributed by atoms with Gasteiger partial charge in [-0.3, -0.25) is 4.79 Å². The molecule has 0 fully saturated rings. The minimum atomic E-state index is -3.96. The Labute approximate surface area is 132 Å². The first-order chi connectivity index (χ1) is 9.22.